The molecule has 0 aliphatic carbocycles. The molecule has 0 unspecified atom stereocenters. The average molecular weight is 397 g/mol. The minimum atomic E-state index is 0. The molecule has 0 saturated heterocycles. The molecule has 0 aromatic heterocycles. The number of nitrogens with zero attached hydrogens (tertiary/aromatic N) is 3. The van der Waals surface area contributed by atoms with Crippen LogP contribution in [0.1, 0.15) is 26.2 Å². The predicted octanol–water partition coefficient (Wildman–Crippen LogP) is 3.56. The zero-order valence-electron chi connectivity index (χ0n) is 11.9. The number of hydrogen-bond donors (Lipinski definition) is 1. The van der Waals surface area contributed by atoms with Gasteiger partial charge in [0.1, 0.15) is 0 Å². The normalized spacial score (nSPS) is 6.44. The van der Waals surface area contributed by atoms with Gasteiger partial charge < -0.3 is 27.6 Å². The van der Waals surface area contributed by atoms with Gasteiger partial charge in [0.15, 0.2) is 0 Å². The maximum absolute atomic E-state index is 6.46. The molecule has 0 heterocycles. The fourth-order valence-corrected chi connectivity index (χ4v) is 0.265. The van der Waals surface area contributed by atoms with Gasteiger partial charge in [0.2, 0.25) is 0 Å². The molecular weight excluding hydrogens is 369 g/mol. The molecule has 0 rings (SSSR count). The van der Waals surface area contributed by atoms with E-state index in [0.717, 1.165) is 12.8 Å². The molecule has 0 saturated carbocycles. The third-order valence-electron chi connectivity index (χ3n) is 0.655. The molecule has 0 amide bonds. The van der Waals surface area contributed by atoms with E-state index >= 15 is 0 Å². The molecule has 0 aliphatic heterocycles. The van der Waals surface area contributed by atoms with Crippen LogP contribution in [0.4, 0.5) is 0 Å². The van der Waals surface area contributed by atoms with E-state index in [1.807, 2.05) is 0 Å². The number of nitrogens with one attached hydrogen (secondary N) is 1. The summed E-state index contributed by atoms with van der Waals surface area (Å²) in [5.41, 5.74) is 0. The van der Waals surface area contributed by atoms with E-state index in [4.69, 9.17) is 5.41 Å². The zero-order chi connectivity index (χ0) is 12.9. The fourth-order valence-electron chi connectivity index (χ4n) is 0.265. The van der Waals surface area contributed by atoms with Gasteiger partial charge >= 0.3 is 0 Å². The SMILES string of the molecule is CCCC[C-]=N.C[N-]C.C[N-]C.C[N-]C.[Ta]. The molecule has 4 nitrogen and oxygen atoms in total. The fraction of sp³-hybridized carbons (Fsp3) is 0.909. The summed E-state index contributed by atoms with van der Waals surface area (Å²) >= 11 is 0. The van der Waals surface area contributed by atoms with E-state index in [1.54, 1.807) is 42.3 Å². The summed E-state index contributed by atoms with van der Waals surface area (Å²) in [6, 6.07) is 0. The first-order valence-electron chi connectivity index (χ1n) is 4.99. The van der Waals surface area contributed by atoms with Crippen molar-refractivity contribution in [2.75, 3.05) is 42.3 Å². The molecule has 1 radical (unpaired) electrons. The van der Waals surface area contributed by atoms with Crippen LogP contribution < -0.4 is 0 Å². The molecule has 0 aromatic rings. The van der Waals surface area contributed by atoms with E-state index in [0.29, 0.717) is 0 Å². The molecule has 0 aliphatic rings. The molecule has 0 fully saturated rings. The third kappa shape index (κ3) is 233. The van der Waals surface area contributed by atoms with Crippen molar-refractivity contribution in [3.8, 4) is 0 Å². The minimum Gasteiger partial charge on any atom is -0.668 e. The summed E-state index contributed by atoms with van der Waals surface area (Å²) in [6.07, 6.45) is 5.44. The Hall–Kier alpha value is 0.290. The molecule has 5 heteroatoms. The summed E-state index contributed by atoms with van der Waals surface area (Å²) < 4.78 is 0. The average Bonchev–Trinajstić information content (AvgIpc) is 2.18. The van der Waals surface area contributed by atoms with Crippen LogP contribution in [-0.4, -0.2) is 48.5 Å². The van der Waals surface area contributed by atoms with Crippen molar-refractivity contribution in [3.63, 3.8) is 0 Å². The van der Waals surface area contributed by atoms with Crippen molar-refractivity contribution in [2.24, 2.45) is 0 Å². The molecule has 16 heavy (non-hydrogen) atoms. The van der Waals surface area contributed by atoms with Crippen LogP contribution in [0.5, 0.6) is 0 Å². The molecule has 1 N–H and O–H groups in total. The summed E-state index contributed by atoms with van der Waals surface area (Å²) in [5, 5.41) is 17.0. The largest absolute Gasteiger partial charge is 0.668 e. The Balaban J connectivity index is -0.0000000353. The maximum Gasteiger partial charge on any atom is 0 e. The predicted molar refractivity (Wildman–Crippen MR) is 72.9 cm³/mol. The second-order valence-electron chi connectivity index (χ2n) is 2.62. The smallest absolute Gasteiger partial charge is 0 e. The third-order valence-corrected chi connectivity index (χ3v) is 0.655. The Labute approximate surface area is 118 Å². The summed E-state index contributed by atoms with van der Waals surface area (Å²) in [4.78, 5) is 0. The van der Waals surface area contributed by atoms with Crippen molar-refractivity contribution in [1.29, 1.82) is 5.41 Å². The van der Waals surface area contributed by atoms with Gasteiger partial charge in [-0.2, -0.15) is 48.7 Å². The standard InChI is InChI=1S/C5H10N.3C2H6N.Ta/c1-2-3-4-5-6;3*1-3-2;/h6H,2-4H2,1H3;3*1-2H3;/q4*-1;. The Morgan fingerprint density at radius 2 is 1.12 bits per heavy atom. The molecule has 0 bridgehead atoms. The van der Waals surface area contributed by atoms with Crippen molar-refractivity contribution in [2.45, 2.75) is 26.2 Å². The van der Waals surface area contributed by atoms with Gasteiger partial charge in [0.05, 0.1) is 0 Å². The van der Waals surface area contributed by atoms with Gasteiger partial charge in [0, 0.05) is 22.4 Å². The van der Waals surface area contributed by atoms with Crippen LogP contribution in [0.15, 0.2) is 0 Å². The minimum absolute atomic E-state index is 0. The quantitative estimate of drug-likeness (QED) is 0.430. The Bertz CT molecular complexity index is 68.3. The first-order valence-corrected chi connectivity index (χ1v) is 4.99. The van der Waals surface area contributed by atoms with Gasteiger partial charge in [-0.15, -0.1) is 0 Å². The summed E-state index contributed by atoms with van der Waals surface area (Å²) in [6.45, 7) is 2.11. The van der Waals surface area contributed by atoms with Gasteiger partial charge in [-0.1, -0.05) is 19.8 Å². The van der Waals surface area contributed by atoms with Crippen molar-refractivity contribution in [3.05, 3.63) is 16.0 Å². The molecule has 101 valence electrons. The van der Waals surface area contributed by atoms with Crippen LogP contribution in [-0.2, 0) is 22.4 Å². The zero-order valence-corrected chi connectivity index (χ0v) is 15.1. The first kappa shape index (κ1) is 29.9. The van der Waals surface area contributed by atoms with Crippen molar-refractivity contribution >= 4 is 6.21 Å². The molecule has 0 atom stereocenters. The molecular formula is C11H28N4Ta-4. The van der Waals surface area contributed by atoms with E-state index in [1.165, 1.54) is 6.42 Å². The van der Waals surface area contributed by atoms with Crippen LogP contribution in [0.25, 0.3) is 16.0 Å². The Morgan fingerprint density at radius 1 is 0.875 bits per heavy atom. The van der Waals surface area contributed by atoms with E-state index in [9.17, 15) is 0 Å². The second-order valence-corrected chi connectivity index (χ2v) is 2.62. The van der Waals surface area contributed by atoms with Crippen molar-refractivity contribution in [1.82, 2.24) is 0 Å². The van der Waals surface area contributed by atoms with Gasteiger partial charge in [-0.05, 0) is 0 Å². The van der Waals surface area contributed by atoms with Gasteiger partial charge in [-0.25, -0.2) is 0 Å². The van der Waals surface area contributed by atoms with Crippen LogP contribution in [0.3, 0.4) is 0 Å². The van der Waals surface area contributed by atoms with E-state index < -0.39 is 0 Å². The monoisotopic (exact) mass is 397 g/mol. The topological polar surface area (TPSA) is 66.2 Å². The van der Waals surface area contributed by atoms with Crippen molar-refractivity contribution < 1.29 is 22.4 Å². The van der Waals surface area contributed by atoms with E-state index in [-0.39, 0.29) is 22.4 Å². The Morgan fingerprint density at radius 3 is 1.19 bits per heavy atom. The van der Waals surface area contributed by atoms with Gasteiger partial charge in [-0.3, -0.25) is 0 Å². The first-order chi connectivity index (χ1) is 7.16. The number of hydrogen-bond acceptors (Lipinski definition) is 1. The summed E-state index contributed by atoms with van der Waals surface area (Å²) in [7, 11) is 10.5. The maximum atomic E-state index is 6.46. The van der Waals surface area contributed by atoms with Gasteiger partial charge in [0.25, 0.3) is 0 Å². The summed E-state index contributed by atoms with van der Waals surface area (Å²) in [5.74, 6) is 0. The van der Waals surface area contributed by atoms with E-state index in [2.05, 4.69) is 29.1 Å². The van der Waals surface area contributed by atoms with Crippen LogP contribution in [0, 0.1) is 5.41 Å². The van der Waals surface area contributed by atoms with Crippen LogP contribution in [0.2, 0.25) is 0 Å². The Kier molecular flexibility index (Phi) is 110. The molecule has 0 spiro atoms. The van der Waals surface area contributed by atoms with Crippen LogP contribution >= 0.6 is 0 Å². The number of rotatable bonds is 3. The second kappa shape index (κ2) is 58.8. The number of unbranched alkanes of at least 4 members (excludes halogenated alkanes) is 2. The molecule has 0 aromatic carbocycles.